The summed E-state index contributed by atoms with van der Waals surface area (Å²) in [6.45, 7) is 0. The molecule has 0 N–H and O–H groups in total. The van der Waals surface area contributed by atoms with Crippen LogP contribution in [0.1, 0.15) is 0 Å². The van der Waals surface area contributed by atoms with E-state index >= 15 is 0 Å². The largest absolute Gasteiger partial charge is 0.443 e. The van der Waals surface area contributed by atoms with Gasteiger partial charge < -0.3 is 4.42 Å². The van der Waals surface area contributed by atoms with Crippen LogP contribution in [0.2, 0.25) is 0 Å². The first-order chi connectivity index (χ1) is 14.4. The van der Waals surface area contributed by atoms with Crippen molar-refractivity contribution in [1.82, 2.24) is 4.98 Å². The van der Waals surface area contributed by atoms with Crippen molar-refractivity contribution in [2.75, 3.05) is 0 Å². The van der Waals surface area contributed by atoms with Crippen molar-refractivity contribution in [3.63, 3.8) is 0 Å². The van der Waals surface area contributed by atoms with Crippen LogP contribution in [-0.4, -0.2) is 4.98 Å². The Morgan fingerprint density at radius 3 is 2.31 bits per heavy atom. The fourth-order valence-electron chi connectivity index (χ4n) is 4.24. The van der Waals surface area contributed by atoms with Gasteiger partial charge in [0.05, 0.1) is 0 Å². The lowest BCUT2D eigenvalue weighted by Gasteiger charge is -2.11. The molecular weight excluding hydrogens is 354 g/mol. The molecular formula is C27H17NO. The summed E-state index contributed by atoms with van der Waals surface area (Å²) in [5, 5.41) is 4.97. The van der Waals surface area contributed by atoms with Gasteiger partial charge in [-0.2, -0.15) is 0 Å². The number of oxazole rings is 1. The van der Waals surface area contributed by atoms with Crippen molar-refractivity contribution in [2.24, 2.45) is 0 Å². The van der Waals surface area contributed by atoms with E-state index in [4.69, 9.17) is 4.42 Å². The standard InChI is InChI=1S/C27H17NO/c1-2-6-18(7-3-1)19-12-14-21-20(16-19)13-15-24-22(21)8-4-9-23(24)25-10-5-11-26-27(25)29-17-28-26/h1-17H. The molecule has 0 spiro atoms. The SMILES string of the molecule is c1ccc(-c2ccc3c(ccc4c(-c5cccc6ncoc56)cccc43)c2)cc1. The van der Waals surface area contributed by atoms with E-state index in [1.54, 1.807) is 0 Å². The minimum atomic E-state index is 0.833. The second-order valence-electron chi connectivity index (χ2n) is 7.27. The number of hydrogen-bond donors (Lipinski definition) is 0. The Morgan fingerprint density at radius 2 is 1.38 bits per heavy atom. The zero-order valence-corrected chi connectivity index (χ0v) is 15.7. The minimum Gasteiger partial charge on any atom is -0.443 e. The van der Waals surface area contributed by atoms with Crippen LogP contribution in [0.25, 0.3) is 54.9 Å². The Kier molecular flexibility index (Phi) is 3.50. The maximum absolute atomic E-state index is 5.69. The van der Waals surface area contributed by atoms with Gasteiger partial charge in [-0.15, -0.1) is 0 Å². The lowest BCUT2D eigenvalue weighted by molar-refractivity contribution is 0.603. The van der Waals surface area contributed by atoms with Crippen LogP contribution in [0.5, 0.6) is 0 Å². The van der Waals surface area contributed by atoms with E-state index in [1.165, 1.54) is 44.6 Å². The van der Waals surface area contributed by atoms with Crippen LogP contribution in [0, 0.1) is 0 Å². The van der Waals surface area contributed by atoms with Gasteiger partial charge in [-0.1, -0.05) is 84.9 Å². The first kappa shape index (κ1) is 16.1. The van der Waals surface area contributed by atoms with Gasteiger partial charge in [0.1, 0.15) is 5.52 Å². The Labute approximate surface area is 168 Å². The van der Waals surface area contributed by atoms with Crippen molar-refractivity contribution in [3.05, 3.63) is 103 Å². The highest BCUT2D eigenvalue weighted by Crippen LogP contribution is 2.37. The van der Waals surface area contributed by atoms with E-state index in [0.29, 0.717) is 0 Å². The summed E-state index contributed by atoms with van der Waals surface area (Å²) in [6, 6.07) is 34.3. The normalized spacial score (nSPS) is 11.4. The lowest BCUT2D eigenvalue weighted by atomic mass is 9.93. The topological polar surface area (TPSA) is 26.0 Å². The maximum atomic E-state index is 5.69. The number of fused-ring (bicyclic) bond motifs is 4. The molecule has 6 rings (SSSR count). The average molecular weight is 371 g/mol. The molecule has 0 amide bonds. The van der Waals surface area contributed by atoms with Gasteiger partial charge in [-0.25, -0.2) is 4.98 Å². The van der Waals surface area contributed by atoms with Gasteiger partial charge in [-0.05, 0) is 50.4 Å². The number of hydrogen-bond acceptors (Lipinski definition) is 2. The van der Waals surface area contributed by atoms with Gasteiger partial charge in [0.2, 0.25) is 0 Å². The van der Waals surface area contributed by atoms with E-state index in [1.807, 2.05) is 12.1 Å². The third kappa shape index (κ3) is 2.54. The van der Waals surface area contributed by atoms with Gasteiger partial charge in [0, 0.05) is 5.56 Å². The highest BCUT2D eigenvalue weighted by Gasteiger charge is 2.12. The Bertz CT molecular complexity index is 1500. The van der Waals surface area contributed by atoms with E-state index in [2.05, 4.69) is 89.9 Å². The van der Waals surface area contributed by atoms with Crippen molar-refractivity contribution in [2.45, 2.75) is 0 Å². The quantitative estimate of drug-likeness (QED) is 0.295. The first-order valence-electron chi connectivity index (χ1n) is 9.72. The van der Waals surface area contributed by atoms with Crippen molar-refractivity contribution in [1.29, 1.82) is 0 Å². The van der Waals surface area contributed by atoms with Gasteiger partial charge in [0.15, 0.2) is 12.0 Å². The van der Waals surface area contributed by atoms with Gasteiger partial charge >= 0.3 is 0 Å². The van der Waals surface area contributed by atoms with Crippen molar-refractivity contribution < 1.29 is 4.42 Å². The summed E-state index contributed by atoms with van der Waals surface area (Å²) in [5.74, 6) is 0. The molecule has 136 valence electrons. The number of rotatable bonds is 2. The summed E-state index contributed by atoms with van der Waals surface area (Å²) in [7, 11) is 0. The average Bonchev–Trinajstić information content (AvgIpc) is 3.28. The summed E-state index contributed by atoms with van der Waals surface area (Å²) in [5.41, 5.74) is 6.43. The number of nitrogens with zero attached hydrogens (tertiary/aromatic N) is 1. The minimum absolute atomic E-state index is 0.833. The Balaban J connectivity index is 1.60. The van der Waals surface area contributed by atoms with E-state index in [-0.39, 0.29) is 0 Å². The fourth-order valence-corrected chi connectivity index (χ4v) is 4.24. The molecule has 0 unspecified atom stereocenters. The fraction of sp³-hybridized carbons (Fsp3) is 0. The van der Waals surface area contributed by atoms with Crippen LogP contribution in [0.15, 0.2) is 108 Å². The van der Waals surface area contributed by atoms with Crippen LogP contribution in [0.4, 0.5) is 0 Å². The molecule has 0 aliphatic carbocycles. The highest BCUT2D eigenvalue weighted by molar-refractivity contribution is 6.14. The number of benzene rings is 5. The first-order valence-corrected chi connectivity index (χ1v) is 9.72. The van der Waals surface area contributed by atoms with Crippen molar-refractivity contribution in [3.8, 4) is 22.3 Å². The Hall–Kier alpha value is -3.91. The molecule has 6 aromatic rings. The van der Waals surface area contributed by atoms with E-state index < -0.39 is 0 Å². The van der Waals surface area contributed by atoms with E-state index in [9.17, 15) is 0 Å². The summed E-state index contributed by atoms with van der Waals surface area (Å²) in [6.07, 6.45) is 1.51. The maximum Gasteiger partial charge on any atom is 0.182 e. The molecule has 0 radical (unpaired) electrons. The van der Waals surface area contributed by atoms with Crippen LogP contribution >= 0.6 is 0 Å². The van der Waals surface area contributed by atoms with Crippen LogP contribution in [0.3, 0.4) is 0 Å². The third-order valence-corrected chi connectivity index (χ3v) is 5.63. The van der Waals surface area contributed by atoms with Gasteiger partial charge in [0.25, 0.3) is 0 Å². The molecule has 2 nitrogen and oxygen atoms in total. The second kappa shape index (κ2) is 6.32. The molecule has 0 saturated carbocycles. The van der Waals surface area contributed by atoms with E-state index in [0.717, 1.165) is 16.7 Å². The van der Waals surface area contributed by atoms with Crippen LogP contribution < -0.4 is 0 Å². The molecule has 1 aromatic heterocycles. The molecule has 5 aromatic carbocycles. The molecule has 2 heteroatoms. The molecule has 0 bridgehead atoms. The summed E-state index contributed by atoms with van der Waals surface area (Å²) >= 11 is 0. The molecule has 0 aliphatic heterocycles. The predicted octanol–water partition coefficient (Wildman–Crippen LogP) is 7.47. The number of para-hydroxylation sites is 1. The molecule has 0 fully saturated rings. The monoisotopic (exact) mass is 371 g/mol. The van der Waals surface area contributed by atoms with Gasteiger partial charge in [-0.3, -0.25) is 0 Å². The predicted molar refractivity (Wildman–Crippen MR) is 120 cm³/mol. The second-order valence-corrected chi connectivity index (χ2v) is 7.27. The molecule has 0 saturated heterocycles. The highest BCUT2D eigenvalue weighted by atomic mass is 16.3. The Morgan fingerprint density at radius 1 is 0.552 bits per heavy atom. The third-order valence-electron chi connectivity index (χ3n) is 5.63. The lowest BCUT2D eigenvalue weighted by Crippen LogP contribution is -1.85. The zero-order valence-electron chi connectivity index (χ0n) is 15.7. The van der Waals surface area contributed by atoms with Crippen molar-refractivity contribution >= 4 is 32.6 Å². The summed E-state index contributed by atoms with van der Waals surface area (Å²) in [4.78, 5) is 4.31. The molecule has 0 atom stereocenters. The number of aromatic nitrogens is 1. The smallest absolute Gasteiger partial charge is 0.182 e. The molecule has 1 heterocycles. The zero-order chi connectivity index (χ0) is 19.2. The van der Waals surface area contributed by atoms with Crippen LogP contribution in [-0.2, 0) is 0 Å². The molecule has 29 heavy (non-hydrogen) atoms. The summed E-state index contributed by atoms with van der Waals surface area (Å²) < 4.78 is 5.69. The molecule has 0 aliphatic rings.